The van der Waals surface area contributed by atoms with E-state index in [0.29, 0.717) is 30.7 Å². The van der Waals surface area contributed by atoms with E-state index >= 15 is 0 Å². The molecule has 1 aliphatic rings. The molecule has 0 atom stereocenters. The Morgan fingerprint density at radius 3 is 2.62 bits per heavy atom. The van der Waals surface area contributed by atoms with Gasteiger partial charge in [-0.05, 0) is 48.4 Å². The molecule has 0 aliphatic carbocycles. The van der Waals surface area contributed by atoms with Crippen LogP contribution in [-0.4, -0.2) is 31.6 Å². The molecule has 6 nitrogen and oxygen atoms in total. The average molecular weight is 355 g/mol. The van der Waals surface area contributed by atoms with Gasteiger partial charge in [-0.25, -0.2) is 0 Å². The van der Waals surface area contributed by atoms with E-state index in [1.165, 1.54) is 0 Å². The topological polar surface area (TPSA) is 73.9 Å². The van der Waals surface area contributed by atoms with E-state index in [0.717, 1.165) is 17.1 Å². The number of hydrogen-bond donors (Lipinski definition) is 1. The van der Waals surface area contributed by atoms with Gasteiger partial charge in [0.05, 0.1) is 0 Å². The van der Waals surface area contributed by atoms with Gasteiger partial charge >= 0.3 is 0 Å². The zero-order valence-electron chi connectivity index (χ0n) is 14.6. The number of carbonyl (C=O) groups excluding carboxylic acids is 2. The normalized spacial score (nSPS) is 11.9. The molecule has 1 N–H and O–H groups in total. The summed E-state index contributed by atoms with van der Waals surface area (Å²) in [5.41, 5.74) is 1.71. The quantitative estimate of drug-likeness (QED) is 0.737. The zero-order valence-corrected chi connectivity index (χ0v) is 14.6. The number of nitrogens with one attached hydrogen (secondary N) is 1. The summed E-state index contributed by atoms with van der Waals surface area (Å²) >= 11 is 0. The van der Waals surface area contributed by atoms with E-state index in [4.69, 9.17) is 14.2 Å². The fraction of sp³-hybridized carbons (Fsp3) is 0.300. The van der Waals surface area contributed by atoms with Gasteiger partial charge in [0, 0.05) is 18.5 Å². The van der Waals surface area contributed by atoms with Gasteiger partial charge in [0.15, 0.2) is 23.9 Å². The first kappa shape index (κ1) is 17.8. The molecule has 0 saturated heterocycles. The lowest BCUT2D eigenvalue weighted by Crippen LogP contribution is -2.30. The molecule has 1 heterocycles. The number of benzene rings is 2. The first-order valence-electron chi connectivity index (χ1n) is 8.57. The number of Topliss-reactive ketones (excluding diaryl/α,β-unsaturated/α-hetero) is 1. The maximum absolute atomic E-state index is 11.9. The summed E-state index contributed by atoms with van der Waals surface area (Å²) in [6.07, 6.45) is 1.15. The minimum atomic E-state index is -0.195. The molecule has 0 saturated carbocycles. The Morgan fingerprint density at radius 2 is 1.85 bits per heavy atom. The minimum absolute atomic E-state index is 0.0673. The highest BCUT2D eigenvalue weighted by Crippen LogP contribution is 2.32. The van der Waals surface area contributed by atoms with Crippen LogP contribution in [0.3, 0.4) is 0 Å². The van der Waals surface area contributed by atoms with Crippen LogP contribution in [0.4, 0.5) is 0 Å². The molecule has 1 aliphatic heterocycles. The molecule has 26 heavy (non-hydrogen) atoms. The summed E-state index contributed by atoms with van der Waals surface area (Å²) in [4.78, 5) is 23.4. The van der Waals surface area contributed by atoms with Crippen molar-refractivity contribution in [2.45, 2.75) is 19.8 Å². The maximum Gasteiger partial charge on any atom is 0.257 e. The smallest absolute Gasteiger partial charge is 0.257 e. The molecule has 2 aromatic rings. The summed E-state index contributed by atoms with van der Waals surface area (Å²) in [6.45, 7) is 2.51. The second-order valence-electron chi connectivity index (χ2n) is 5.88. The summed E-state index contributed by atoms with van der Waals surface area (Å²) < 4.78 is 16.0. The second-order valence-corrected chi connectivity index (χ2v) is 5.88. The van der Waals surface area contributed by atoms with Crippen LogP contribution in [0.5, 0.6) is 17.2 Å². The molecule has 0 radical (unpaired) electrons. The number of carbonyl (C=O) groups is 2. The van der Waals surface area contributed by atoms with Gasteiger partial charge in [0.1, 0.15) is 5.75 Å². The number of ketones is 1. The predicted molar refractivity (Wildman–Crippen MR) is 95.8 cm³/mol. The van der Waals surface area contributed by atoms with Crippen molar-refractivity contribution in [1.29, 1.82) is 0 Å². The predicted octanol–water partition coefficient (Wildman–Crippen LogP) is 2.75. The number of rotatable bonds is 8. The largest absolute Gasteiger partial charge is 0.484 e. The van der Waals surface area contributed by atoms with E-state index in [-0.39, 0.29) is 25.1 Å². The monoisotopic (exact) mass is 355 g/mol. The lowest BCUT2D eigenvalue weighted by molar-refractivity contribution is -0.123. The van der Waals surface area contributed by atoms with Gasteiger partial charge in [-0.1, -0.05) is 13.0 Å². The molecular formula is C20H21NO5. The molecule has 0 bridgehead atoms. The van der Waals surface area contributed by atoms with Gasteiger partial charge in [0.25, 0.3) is 5.91 Å². The first-order valence-corrected chi connectivity index (χ1v) is 8.57. The summed E-state index contributed by atoms with van der Waals surface area (Å²) in [7, 11) is 0. The Morgan fingerprint density at radius 1 is 1.08 bits per heavy atom. The van der Waals surface area contributed by atoms with Crippen molar-refractivity contribution in [2.24, 2.45) is 0 Å². The van der Waals surface area contributed by atoms with Crippen molar-refractivity contribution < 1.29 is 23.8 Å². The van der Waals surface area contributed by atoms with Gasteiger partial charge in [0.2, 0.25) is 6.79 Å². The molecule has 0 spiro atoms. The number of amides is 1. The van der Waals surface area contributed by atoms with Crippen molar-refractivity contribution in [3.8, 4) is 17.2 Å². The molecule has 1 amide bonds. The van der Waals surface area contributed by atoms with E-state index in [1.807, 2.05) is 25.1 Å². The third-order valence-corrected chi connectivity index (χ3v) is 4.04. The van der Waals surface area contributed by atoms with Crippen molar-refractivity contribution in [1.82, 2.24) is 5.32 Å². The van der Waals surface area contributed by atoms with Crippen molar-refractivity contribution >= 4 is 11.7 Å². The Kier molecular flexibility index (Phi) is 5.73. The lowest BCUT2D eigenvalue weighted by Gasteiger charge is -2.08. The van der Waals surface area contributed by atoms with Crippen LogP contribution < -0.4 is 19.5 Å². The van der Waals surface area contributed by atoms with Crippen LogP contribution in [0.1, 0.15) is 29.3 Å². The fourth-order valence-corrected chi connectivity index (χ4v) is 2.58. The maximum atomic E-state index is 11.9. The van der Waals surface area contributed by atoms with E-state index in [1.54, 1.807) is 24.3 Å². The van der Waals surface area contributed by atoms with Crippen LogP contribution in [-0.2, 0) is 11.2 Å². The van der Waals surface area contributed by atoms with Crippen molar-refractivity contribution in [3.63, 3.8) is 0 Å². The SMILES string of the molecule is CCC(=O)c1ccc(OCC(=O)NCCc2ccc3c(c2)OCO3)cc1. The molecule has 3 rings (SSSR count). The average Bonchev–Trinajstić information content (AvgIpc) is 3.14. The van der Waals surface area contributed by atoms with Crippen molar-refractivity contribution in [3.05, 3.63) is 53.6 Å². The minimum Gasteiger partial charge on any atom is -0.484 e. The molecule has 136 valence electrons. The Balaban J connectivity index is 1.39. The Bertz CT molecular complexity index is 785. The van der Waals surface area contributed by atoms with Crippen LogP contribution in [0.15, 0.2) is 42.5 Å². The van der Waals surface area contributed by atoms with E-state index in [2.05, 4.69) is 5.32 Å². The molecule has 0 unspecified atom stereocenters. The van der Waals surface area contributed by atoms with Gasteiger partial charge < -0.3 is 19.5 Å². The first-order chi connectivity index (χ1) is 12.7. The third-order valence-electron chi connectivity index (χ3n) is 4.04. The molecular weight excluding hydrogens is 334 g/mol. The van der Waals surface area contributed by atoms with E-state index < -0.39 is 0 Å². The lowest BCUT2D eigenvalue weighted by atomic mass is 10.1. The number of hydrogen-bond acceptors (Lipinski definition) is 5. The Labute approximate surface area is 152 Å². The zero-order chi connectivity index (χ0) is 18.4. The molecule has 2 aromatic carbocycles. The van der Waals surface area contributed by atoms with Crippen LogP contribution >= 0.6 is 0 Å². The summed E-state index contributed by atoms with van der Waals surface area (Å²) in [6, 6.07) is 12.6. The molecule has 0 fully saturated rings. The second kappa shape index (κ2) is 8.38. The molecule has 0 aromatic heterocycles. The van der Waals surface area contributed by atoms with Crippen molar-refractivity contribution in [2.75, 3.05) is 19.9 Å². The highest BCUT2D eigenvalue weighted by Gasteiger charge is 2.13. The fourth-order valence-electron chi connectivity index (χ4n) is 2.58. The summed E-state index contributed by atoms with van der Waals surface area (Å²) in [5, 5.41) is 2.82. The van der Waals surface area contributed by atoms with Gasteiger partial charge in [-0.15, -0.1) is 0 Å². The molecule has 6 heteroatoms. The van der Waals surface area contributed by atoms with Gasteiger partial charge in [-0.3, -0.25) is 9.59 Å². The Hall–Kier alpha value is -3.02. The van der Waals surface area contributed by atoms with Crippen LogP contribution in [0, 0.1) is 0 Å². The standard InChI is InChI=1S/C20H21NO5/c1-2-17(22)15-4-6-16(7-5-15)24-12-20(23)21-10-9-14-3-8-18-19(11-14)26-13-25-18/h3-8,11H,2,9-10,12-13H2,1H3,(H,21,23). The van der Waals surface area contributed by atoms with E-state index in [9.17, 15) is 9.59 Å². The highest BCUT2D eigenvalue weighted by molar-refractivity contribution is 5.95. The number of fused-ring (bicyclic) bond motifs is 1. The van der Waals surface area contributed by atoms with Gasteiger partial charge in [-0.2, -0.15) is 0 Å². The highest BCUT2D eigenvalue weighted by atomic mass is 16.7. The summed E-state index contributed by atoms with van der Waals surface area (Å²) in [5.74, 6) is 1.93. The van der Waals surface area contributed by atoms with Crippen LogP contribution in [0.25, 0.3) is 0 Å². The van der Waals surface area contributed by atoms with Crippen LogP contribution in [0.2, 0.25) is 0 Å². The number of ether oxygens (including phenoxy) is 3. The third kappa shape index (κ3) is 4.53.